The number of hydrogen-bond acceptors (Lipinski definition) is 1. The van der Waals surface area contributed by atoms with Crippen LogP contribution in [0.1, 0.15) is 20.8 Å². The molecule has 0 aromatic heterocycles. The van der Waals surface area contributed by atoms with Crippen LogP contribution in [0.15, 0.2) is 0 Å². The van der Waals surface area contributed by atoms with Crippen molar-refractivity contribution in [1.29, 1.82) is 0 Å². The van der Waals surface area contributed by atoms with Crippen LogP contribution in [0.2, 0.25) is 0 Å². The monoisotopic (exact) mass is 117 g/mol. The van der Waals surface area contributed by atoms with Crippen LogP contribution >= 0.6 is 11.8 Å². The van der Waals surface area contributed by atoms with Gasteiger partial charge in [0.2, 0.25) is 0 Å². The van der Waals surface area contributed by atoms with E-state index in [1.165, 1.54) is 0 Å². The summed E-state index contributed by atoms with van der Waals surface area (Å²) in [5.41, 5.74) is 0. The summed E-state index contributed by atoms with van der Waals surface area (Å²) < 4.78 is 0. The van der Waals surface area contributed by atoms with Gasteiger partial charge < -0.3 is 0 Å². The highest BCUT2D eigenvalue weighted by Gasteiger charge is 1.95. The smallest absolute Gasteiger partial charge is 0.00216 e. The van der Waals surface area contributed by atoms with Crippen molar-refractivity contribution in [2.45, 2.75) is 31.3 Å². The van der Waals surface area contributed by atoms with Gasteiger partial charge in [0.05, 0.1) is 0 Å². The van der Waals surface area contributed by atoms with Gasteiger partial charge in [-0.15, -0.1) is 0 Å². The molecule has 1 atom stereocenters. The highest BCUT2D eigenvalue weighted by Crippen LogP contribution is 2.14. The average Bonchev–Trinajstić information content (AvgIpc) is 1.27. The minimum Gasteiger partial charge on any atom is -0.156 e. The largest absolute Gasteiger partial charge is 0.156 e. The maximum absolute atomic E-state index is 3.84. The molecule has 43 valence electrons. The van der Waals surface area contributed by atoms with E-state index >= 15 is 0 Å². The lowest BCUT2D eigenvalue weighted by molar-refractivity contribution is 1.09. The van der Waals surface area contributed by atoms with Gasteiger partial charge in [0.1, 0.15) is 0 Å². The van der Waals surface area contributed by atoms with Gasteiger partial charge in [-0.3, -0.25) is 0 Å². The van der Waals surface area contributed by atoms with E-state index in [9.17, 15) is 0 Å². The second-order valence-corrected chi connectivity index (χ2v) is 4.02. The van der Waals surface area contributed by atoms with Crippen molar-refractivity contribution in [2.75, 3.05) is 0 Å². The number of hydrogen-bond donors (Lipinski definition) is 0. The summed E-state index contributed by atoms with van der Waals surface area (Å²) in [6, 6.07) is 0. The van der Waals surface area contributed by atoms with Crippen LogP contribution in [0, 0.1) is 6.92 Å². The molecule has 0 amide bonds. The molecule has 0 aliphatic heterocycles. The van der Waals surface area contributed by atoms with Gasteiger partial charge in [0, 0.05) is 5.25 Å². The van der Waals surface area contributed by atoms with Crippen molar-refractivity contribution < 1.29 is 0 Å². The third-order valence-corrected chi connectivity index (χ3v) is 1.51. The lowest BCUT2D eigenvalue weighted by Gasteiger charge is -2.05. The van der Waals surface area contributed by atoms with Gasteiger partial charge >= 0.3 is 0 Å². The summed E-state index contributed by atoms with van der Waals surface area (Å²) in [6.45, 7) is 10.3. The standard InChI is InChI=1S/C6H13S/c1-5(2)7-6(3)4/h5-6H,1H2,2-4H3. The summed E-state index contributed by atoms with van der Waals surface area (Å²) in [4.78, 5) is 0. The zero-order valence-corrected chi connectivity index (χ0v) is 6.09. The molecular weight excluding hydrogens is 104 g/mol. The Morgan fingerprint density at radius 2 is 1.71 bits per heavy atom. The van der Waals surface area contributed by atoms with Crippen LogP contribution < -0.4 is 0 Å². The molecule has 0 aromatic carbocycles. The third kappa shape index (κ3) is 6.35. The first kappa shape index (κ1) is 7.35. The Hall–Kier alpha value is 0.350. The molecule has 1 heteroatoms. The number of rotatable bonds is 2. The lowest BCUT2D eigenvalue weighted by Crippen LogP contribution is -1.94. The van der Waals surface area contributed by atoms with Gasteiger partial charge in [-0.25, -0.2) is 0 Å². The van der Waals surface area contributed by atoms with Crippen LogP contribution in [0.25, 0.3) is 0 Å². The molecular formula is C6H13S. The van der Waals surface area contributed by atoms with Crippen LogP contribution in [-0.4, -0.2) is 10.5 Å². The topological polar surface area (TPSA) is 0 Å². The maximum Gasteiger partial charge on any atom is 0.00216 e. The normalized spacial score (nSPS) is 11.1. The molecule has 7 heavy (non-hydrogen) atoms. The Morgan fingerprint density at radius 3 is 1.71 bits per heavy atom. The van der Waals surface area contributed by atoms with Crippen molar-refractivity contribution in [3.8, 4) is 0 Å². The molecule has 0 saturated heterocycles. The summed E-state index contributed by atoms with van der Waals surface area (Å²) >= 11 is 1.90. The fourth-order valence-electron chi connectivity index (χ4n) is 0.465. The zero-order chi connectivity index (χ0) is 5.86. The zero-order valence-electron chi connectivity index (χ0n) is 5.27. The molecule has 0 spiro atoms. The van der Waals surface area contributed by atoms with E-state index in [1.54, 1.807) is 0 Å². The molecule has 0 fully saturated rings. The number of thioether (sulfide) groups is 1. The summed E-state index contributed by atoms with van der Waals surface area (Å²) in [7, 11) is 0. The van der Waals surface area contributed by atoms with Crippen LogP contribution in [-0.2, 0) is 0 Å². The summed E-state index contributed by atoms with van der Waals surface area (Å²) in [6.07, 6.45) is 0. The maximum atomic E-state index is 3.84. The molecule has 1 unspecified atom stereocenters. The first-order valence-corrected chi connectivity index (χ1v) is 3.55. The van der Waals surface area contributed by atoms with Crippen LogP contribution in [0.3, 0.4) is 0 Å². The Labute approximate surface area is 50.7 Å². The van der Waals surface area contributed by atoms with E-state index in [2.05, 4.69) is 27.7 Å². The van der Waals surface area contributed by atoms with Crippen LogP contribution in [0.4, 0.5) is 0 Å². The summed E-state index contributed by atoms with van der Waals surface area (Å²) in [5, 5.41) is 1.27. The highest BCUT2D eigenvalue weighted by atomic mass is 32.2. The average molecular weight is 117 g/mol. The van der Waals surface area contributed by atoms with Crippen molar-refractivity contribution in [2.24, 2.45) is 0 Å². The molecule has 0 N–H and O–H groups in total. The quantitative estimate of drug-likeness (QED) is 0.535. The van der Waals surface area contributed by atoms with Gasteiger partial charge in [-0.05, 0) is 12.2 Å². The Morgan fingerprint density at radius 1 is 1.29 bits per heavy atom. The fraction of sp³-hybridized carbons (Fsp3) is 0.833. The predicted molar refractivity (Wildman–Crippen MR) is 37.5 cm³/mol. The van der Waals surface area contributed by atoms with Crippen molar-refractivity contribution in [3.05, 3.63) is 6.92 Å². The van der Waals surface area contributed by atoms with E-state index in [4.69, 9.17) is 0 Å². The molecule has 0 aliphatic carbocycles. The van der Waals surface area contributed by atoms with Gasteiger partial charge in [0.25, 0.3) is 0 Å². The van der Waals surface area contributed by atoms with E-state index in [0.29, 0.717) is 5.25 Å². The molecule has 0 rings (SSSR count). The van der Waals surface area contributed by atoms with Crippen molar-refractivity contribution in [3.63, 3.8) is 0 Å². The molecule has 1 radical (unpaired) electrons. The van der Waals surface area contributed by atoms with Gasteiger partial charge in [-0.1, -0.05) is 20.8 Å². The van der Waals surface area contributed by atoms with E-state index < -0.39 is 0 Å². The molecule has 0 nitrogen and oxygen atoms in total. The Kier molecular flexibility index (Phi) is 3.53. The Bertz CT molecular complexity index is 33.4. The third-order valence-electron chi connectivity index (χ3n) is 0.504. The van der Waals surface area contributed by atoms with Gasteiger partial charge in [0.15, 0.2) is 0 Å². The lowest BCUT2D eigenvalue weighted by atomic mass is 10.6. The summed E-state index contributed by atoms with van der Waals surface area (Å²) in [5.74, 6) is 0. The minimum absolute atomic E-state index is 0.542. The fourth-order valence-corrected chi connectivity index (χ4v) is 1.39. The first-order valence-electron chi connectivity index (χ1n) is 2.61. The molecule has 0 aromatic rings. The Balaban J connectivity index is 2.95. The molecule has 0 bridgehead atoms. The first-order chi connectivity index (χ1) is 3.13. The van der Waals surface area contributed by atoms with E-state index in [0.717, 1.165) is 5.25 Å². The predicted octanol–water partition coefficient (Wildman–Crippen LogP) is 2.35. The molecule has 0 aliphatic rings. The second kappa shape index (κ2) is 3.36. The van der Waals surface area contributed by atoms with E-state index in [1.807, 2.05) is 11.8 Å². The highest BCUT2D eigenvalue weighted by molar-refractivity contribution is 8.00. The van der Waals surface area contributed by atoms with E-state index in [-0.39, 0.29) is 0 Å². The van der Waals surface area contributed by atoms with Gasteiger partial charge in [-0.2, -0.15) is 11.8 Å². The van der Waals surface area contributed by atoms with Crippen LogP contribution in [0.5, 0.6) is 0 Å². The molecule has 0 saturated carbocycles. The molecule has 0 heterocycles. The SMILES string of the molecule is [CH2]C(C)SC(C)C. The van der Waals surface area contributed by atoms with Crippen molar-refractivity contribution in [1.82, 2.24) is 0 Å². The minimum atomic E-state index is 0.542. The second-order valence-electron chi connectivity index (χ2n) is 2.00. The van der Waals surface area contributed by atoms with Crippen molar-refractivity contribution >= 4 is 11.8 Å².